The Balaban J connectivity index is 3.11. The van der Waals surface area contributed by atoms with Gasteiger partial charge in [0.1, 0.15) is 6.10 Å². The summed E-state index contributed by atoms with van der Waals surface area (Å²) >= 11 is 0. The summed E-state index contributed by atoms with van der Waals surface area (Å²) in [6.45, 7) is -0.263. The Hall–Kier alpha value is -1.63. The van der Waals surface area contributed by atoms with E-state index in [2.05, 4.69) is 4.74 Å². The average Bonchev–Trinajstić information content (AvgIpc) is 2.37. The largest absolute Gasteiger partial charge is 0.465 e. The normalized spacial score (nSPS) is 14.0. The van der Waals surface area contributed by atoms with Crippen molar-refractivity contribution in [1.82, 2.24) is 0 Å². The lowest BCUT2D eigenvalue weighted by atomic mass is 9.96. The van der Waals surface area contributed by atoms with Crippen molar-refractivity contribution in [3.05, 3.63) is 29.3 Å². The molecule has 0 amide bonds. The molecule has 0 aliphatic carbocycles. The van der Waals surface area contributed by atoms with E-state index in [1.807, 2.05) is 0 Å². The number of methoxy groups -OCH3 is 1. The van der Waals surface area contributed by atoms with Crippen molar-refractivity contribution in [2.24, 2.45) is 0 Å². The van der Waals surface area contributed by atoms with Gasteiger partial charge in [0.05, 0.1) is 18.8 Å². The molecule has 6 nitrogen and oxygen atoms in total. The molecule has 0 bridgehead atoms. The number of hydrogen-bond acceptors (Lipinski definition) is 6. The third-order valence-corrected chi connectivity index (χ3v) is 2.59. The van der Waals surface area contributed by atoms with Crippen molar-refractivity contribution in [3.63, 3.8) is 0 Å². The smallest absolute Gasteiger partial charge is 0.338 e. The highest BCUT2D eigenvalue weighted by Crippen LogP contribution is 2.25. The van der Waals surface area contributed by atoms with Crippen LogP contribution in [0.15, 0.2) is 18.2 Å². The number of nitrogens with two attached hydrogens (primary N) is 1. The molecular weight excluding hydrogens is 238 g/mol. The molecule has 1 aromatic carbocycles. The summed E-state index contributed by atoms with van der Waals surface area (Å²) in [6.07, 6.45) is -2.44. The summed E-state index contributed by atoms with van der Waals surface area (Å²) in [5.41, 5.74) is 6.23. The van der Waals surface area contributed by atoms with Crippen LogP contribution in [0.5, 0.6) is 0 Å². The first-order valence-electron chi connectivity index (χ1n) is 5.46. The van der Waals surface area contributed by atoms with E-state index >= 15 is 0 Å². The number of anilines is 1. The highest BCUT2D eigenvalue weighted by atomic mass is 16.5. The summed E-state index contributed by atoms with van der Waals surface area (Å²) in [5, 5.41) is 28.3. The van der Waals surface area contributed by atoms with Gasteiger partial charge in [-0.2, -0.15) is 0 Å². The molecule has 6 heteroatoms. The highest BCUT2D eigenvalue weighted by Gasteiger charge is 2.23. The molecule has 0 aromatic heterocycles. The molecular formula is C12H17NO5. The Morgan fingerprint density at radius 2 is 2.11 bits per heavy atom. The van der Waals surface area contributed by atoms with E-state index < -0.39 is 18.2 Å². The van der Waals surface area contributed by atoms with Gasteiger partial charge in [-0.15, -0.1) is 0 Å². The Morgan fingerprint density at radius 1 is 1.44 bits per heavy atom. The van der Waals surface area contributed by atoms with Crippen molar-refractivity contribution in [2.45, 2.75) is 18.6 Å². The number of ether oxygens (including phenoxy) is 1. The van der Waals surface area contributed by atoms with Gasteiger partial charge in [0.15, 0.2) is 0 Å². The number of carbonyl (C=O) groups excluding carboxylic acids is 1. The number of aliphatic hydroxyl groups excluding tert-OH is 3. The highest BCUT2D eigenvalue weighted by molar-refractivity contribution is 5.92. The van der Waals surface area contributed by atoms with E-state index in [1.165, 1.54) is 25.3 Å². The van der Waals surface area contributed by atoms with Crippen LogP contribution in [0.3, 0.4) is 0 Å². The molecule has 1 aromatic rings. The number of nitrogen functional groups attached to an aromatic ring is 1. The number of carbonyl (C=O) groups is 1. The van der Waals surface area contributed by atoms with Crippen LogP contribution in [-0.4, -0.2) is 41.1 Å². The van der Waals surface area contributed by atoms with Gasteiger partial charge < -0.3 is 25.8 Å². The van der Waals surface area contributed by atoms with E-state index in [9.17, 15) is 15.0 Å². The molecule has 0 aliphatic rings. The van der Waals surface area contributed by atoms with Gasteiger partial charge in [-0.25, -0.2) is 4.79 Å². The number of benzene rings is 1. The number of hydrogen-bond donors (Lipinski definition) is 4. The van der Waals surface area contributed by atoms with Crippen LogP contribution in [0.2, 0.25) is 0 Å². The predicted octanol–water partition coefficient (Wildman–Crippen LogP) is -0.168. The van der Waals surface area contributed by atoms with Crippen molar-refractivity contribution >= 4 is 11.7 Å². The van der Waals surface area contributed by atoms with Crippen molar-refractivity contribution in [2.75, 3.05) is 19.5 Å². The van der Waals surface area contributed by atoms with Gasteiger partial charge in [0.25, 0.3) is 0 Å². The zero-order valence-corrected chi connectivity index (χ0v) is 10.0. The molecule has 0 aliphatic heterocycles. The maximum absolute atomic E-state index is 11.6. The minimum absolute atomic E-state index is 0.00611. The molecule has 0 fully saturated rings. The second-order valence-electron chi connectivity index (χ2n) is 3.86. The van der Waals surface area contributed by atoms with Gasteiger partial charge in [-0.3, -0.25) is 0 Å². The number of esters is 1. The summed E-state index contributed by atoms with van der Waals surface area (Å²) in [4.78, 5) is 11.6. The van der Waals surface area contributed by atoms with Crippen molar-refractivity contribution in [3.8, 4) is 0 Å². The number of aliphatic hydroxyl groups is 3. The minimum Gasteiger partial charge on any atom is -0.465 e. The van der Waals surface area contributed by atoms with E-state index in [4.69, 9.17) is 10.8 Å². The minimum atomic E-state index is -1.29. The zero-order chi connectivity index (χ0) is 13.7. The second kappa shape index (κ2) is 6.34. The van der Waals surface area contributed by atoms with Crippen LogP contribution in [0, 0.1) is 0 Å². The lowest BCUT2D eigenvalue weighted by Gasteiger charge is -2.19. The van der Waals surface area contributed by atoms with Crippen LogP contribution >= 0.6 is 0 Å². The maximum Gasteiger partial charge on any atom is 0.338 e. The van der Waals surface area contributed by atoms with Gasteiger partial charge >= 0.3 is 5.97 Å². The molecule has 0 heterocycles. The summed E-state index contributed by atoms with van der Waals surface area (Å²) in [7, 11) is 1.21. The molecule has 0 saturated heterocycles. The lowest BCUT2D eigenvalue weighted by molar-refractivity contribution is 0.00336. The maximum atomic E-state index is 11.6. The van der Waals surface area contributed by atoms with Crippen LogP contribution < -0.4 is 5.73 Å². The monoisotopic (exact) mass is 255 g/mol. The van der Waals surface area contributed by atoms with Gasteiger partial charge in [-0.05, 0) is 24.1 Å². The first-order valence-corrected chi connectivity index (χ1v) is 5.46. The van der Waals surface area contributed by atoms with Gasteiger partial charge in [0, 0.05) is 12.3 Å². The van der Waals surface area contributed by atoms with E-state index in [0.29, 0.717) is 5.69 Å². The molecule has 100 valence electrons. The molecule has 0 spiro atoms. The second-order valence-corrected chi connectivity index (χ2v) is 3.86. The summed E-state index contributed by atoms with van der Waals surface area (Å²) in [6, 6.07) is 4.33. The first kappa shape index (κ1) is 14.4. The zero-order valence-electron chi connectivity index (χ0n) is 10.0. The molecule has 2 unspecified atom stereocenters. The molecule has 1 rings (SSSR count). The van der Waals surface area contributed by atoms with Crippen molar-refractivity contribution < 1.29 is 24.9 Å². The third-order valence-electron chi connectivity index (χ3n) is 2.59. The Labute approximate surface area is 105 Å². The number of rotatable bonds is 5. The average molecular weight is 255 g/mol. The molecule has 18 heavy (non-hydrogen) atoms. The lowest BCUT2D eigenvalue weighted by Crippen LogP contribution is -2.22. The van der Waals surface area contributed by atoms with Crippen LogP contribution in [-0.2, 0) is 4.74 Å². The van der Waals surface area contributed by atoms with Gasteiger partial charge in [-0.1, -0.05) is 6.07 Å². The predicted molar refractivity (Wildman–Crippen MR) is 64.9 cm³/mol. The molecule has 0 saturated carbocycles. The Bertz CT molecular complexity index is 421. The van der Waals surface area contributed by atoms with Crippen molar-refractivity contribution in [1.29, 1.82) is 0 Å². The Morgan fingerprint density at radius 3 is 2.67 bits per heavy atom. The quantitative estimate of drug-likeness (QED) is 0.429. The van der Waals surface area contributed by atoms with Crippen LogP contribution in [0.25, 0.3) is 0 Å². The SMILES string of the molecule is COC(=O)c1cc(N)ccc1C(O)C(O)CCO. The first-order chi connectivity index (χ1) is 8.51. The van der Waals surface area contributed by atoms with E-state index in [1.54, 1.807) is 0 Å². The third kappa shape index (κ3) is 3.19. The standard InChI is InChI=1S/C12H17NO5/c1-18-12(17)9-6-7(13)2-3-8(9)11(16)10(15)4-5-14/h2-3,6,10-11,14-16H,4-5,13H2,1H3. The fourth-order valence-electron chi connectivity index (χ4n) is 1.62. The molecule has 0 radical (unpaired) electrons. The fraction of sp³-hybridized carbons (Fsp3) is 0.417. The van der Waals surface area contributed by atoms with Gasteiger partial charge in [0.2, 0.25) is 0 Å². The van der Waals surface area contributed by atoms with E-state index in [0.717, 1.165) is 0 Å². The topological polar surface area (TPSA) is 113 Å². The summed E-state index contributed by atoms with van der Waals surface area (Å²) < 4.78 is 4.59. The Kier molecular flexibility index (Phi) is 5.08. The molecule has 5 N–H and O–H groups in total. The molecule has 2 atom stereocenters. The van der Waals surface area contributed by atoms with E-state index in [-0.39, 0.29) is 24.2 Å². The van der Waals surface area contributed by atoms with Crippen LogP contribution in [0.4, 0.5) is 5.69 Å². The fourth-order valence-corrected chi connectivity index (χ4v) is 1.62. The summed E-state index contributed by atoms with van der Waals surface area (Å²) in [5.74, 6) is -0.646. The van der Waals surface area contributed by atoms with Crippen LogP contribution in [0.1, 0.15) is 28.4 Å².